The molecule has 0 unspecified atom stereocenters. The van der Waals surface area contributed by atoms with Crippen molar-refractivity contribution in [2.45, 2.75) is 30.5 Å². The maximum Gasteiger partial charge on any atom is 0.418 e. The number of aromatic nitrogens is 2. The summed E-state index contributed by atoms with van der Waals surface area (Å²) < 4.78 is 66.2. The highest BCUT2D eigenvalue weighted by molar-refractivity contribution is 7.90. The van der Waals surface area contributed by atoms with Gasteiger partial charge in [-0.05, 0) is 61.9 Å². The predicted molar refractivity (Wildman–Crippen MR) is 126 cm³/mol. The minimum Gasteiger partial charge on any atom is -0.384 e. The van der Waals surface area contributed by atoms with Crippen LogP contribution in [0.15, 0.2) is 71.6 Å². The van der Waals surface area contributed by atoms with Crippen LogP contribution in [-0.2, 0) is 21.6 Å². The van der Waals surface area contributed by atoms with Crippen LogP contribution in [0.2, 0.25) is 0 Å². The van der Waals surface area contributed by atoms with Crippen molar-refractivity contribution in [1.29, 1.82) is 0 Å². The summed E-state index contributed by atoms with van der Waals surface area (Å²) in [5.74, 6) is 0. The van der Waals surface area contributed by atoms with E-state index in [2.05, 4.69) is 5.10 Å². The van der Waals surface area contributed by atoms with Crippen molar-refractivity contribution in [1.82, 2.24) is 9.78 Å². The molecule has 0 radical (unpaired) electrons. The Hall–Kier alpha value is -2.95. The molecule has 0 aliphatic heterocycles. The van der Waals surface area contributed by atoms with E-state index in [-0.39, 0.29) is 16.3 Å². The number of nitrogens with zero attached hydrogens (tertiary/aromatic N) is 2. The molecule has 0 saturated heterocycles. The number of benzene rings is 2. The van der Waals surface area contributed by atoms with Gasteiger partial charge < -0.3 is 5.11 Å². The van der Waals surface area contributed by atoms with Gasteiger partial charge in [-0.1, -0.05) is 24.3 Å². The highest BCUT2D eigenvalue weighted by Gasteiger charge is 2.35. The molecule has 0 amide bonds. The second kappa shape index (κ2) is 8.37. The van der Waals surface area contributed by atoms with Crippen molar-refractivity contribution < 1.29 is 26.7 Å². The third kappa shape index (κ3) is 4.79. The van der Waals surface area contributed by atoms with Gasteiger partial charge in [0, 0.05) is 11.1 Å². The number of thiophene rings is 1. The second-order valence-electron chi connectivity index (χ2n) is 8.36. The van der Waals surface area contributed by atoms with Crippen LogP contribution >= 0.6 is 11.3 Å². The van der Waals surface area contributed by atoms with E-state index in [1.807, 2.05) is 0 Å². The Balaban J connectivity index is 1.88. The Bertz CT molecular complexity index is 1460. The molecule has 0 spiro atoms. The smallest absolute Gasteiger partial charge is 0.384 e. The summed E-state index contributed by atoms with van der Waals surface area (Å²) in [4.78, 5) is 1.52. The van der Waals surface area contributed by atoms with E-state index in [4.69, 9.17) is 0 Å². The Morgan fingerprint density at radius 3 is 2.26 bits per heavy atom. The van der Waals surface area contributed by atoms with E-state index in [1.165, 1.54) is 54.1 Å². The maximum atomic E-state index is 13.7. The number of halogens is 3. The van der Waals surface area contributed by atoms with Crippen LogP contribution in [0.4, 0.5) is 13.2 Å². The van der Waals surface area contributed by atoms with Crippen LogP contribution in [0.1, 0.15) is 25.1 Å². The number of hydrogen-bond acceptors (Lipinski definition) is 5. The molecule has 178 valence electrons. The van der Waals surface area contributed by atoms with Gasteiger partial charge in [0.05, 0.1) is 32.4 Å². The van der Waals surface area contributed by atoms with Crippen molar-refractivity contribution >= 4 is 21.2 Å². The molecule has 4 aromatic rings. The SMILES string of the molecule is CC(C)(O)c1cc(-c2ccc(-c3cccc(S(C)(=O)=O)c3)s2)n(-c2ccccc2C(F)(F)F)n1. The molecule has 34 heavy (non-hydrogen) atoms. The monoisotopic (exact) mass is 506 g/mol. The van der Waals surface area contributed by atoms with Gasteiger partial charge in [-0.3, -0.25) is 0 Å². The number of aliphatic hydroxyl groups is 1. The van der Waals surface area contributed by atoms with Gasteiger partial charge in [-0.25, -0.2) is 13.1 Å². The minimum atomic E-state index is -4.60. The van der Waals surface area contributed by atoms with E-state index in [0.29, 0.717) is 16.1 Å². The van der Waals surface area contributed by atoms with Crippen LogP contribution in [0.25, 0.3) is 26.7 Å². The predicted octanol–water partition coefficient (Wildman–Crippen LogP) is 5.92. The van der Waals surface area contributed by atoms with Crippen LogP contribution < -0.4 is 0 Å². The molecule has 0 bridgehead atoms. The minimum absolute atomic E-state index is 0.158. The van der Waals surface area contributed by atoms with Crippen LogP contribution in [0.3, 0.4) is 0 Å². The second-order valence-corrected chi connectivity index (χ2v) is 11.5. The first-order valence-corrected chi connectivity index (χ1v) is 12.9. The summed E-state index contributed by atoms with van der Waals surface area (Å²) in [6, 6.07) is 16.7. The number of sulfone groups is 1. The lowest BCUT2D eigenvalue weighted by atomic mass is 10.1. The lowest BCUT2D eigenvalue weighted by Crippen LogP contribution is -2.17. The average molecular weight is 507 g/mol. The molecular weight excluding hydrogens is 485 g/mol. The molecule has 2 aromatic carbocycles. The van der Waals surface area contributed by atoms with Gasteiger partial charge >= 0.3 is 6.18 Å². The van der Waals surface area contributed by atoms with Gasteiger partial charge in [0.25, 0.3) is 0 Å². The Morgan fingerprint density at radius 1 is 0.941 bits per heavy atom. The van der Waals surface area contributed by atoms with Crippen molar-refractivity contribution in [3.8, 4) is 26.7 Å². The van der Waals surface area contributed by atoms with E-state index in [0.717, 1.165) is 17.2 Å². The molecule has 0 aliphatic rings. The highest BCUT2D eigenvalue weighted by atomic mass is 32.2. The first kappa shape index (κ1) is 24.2. The van der Waals surface area contributed by atoms with Crippen LogP contribution in [-0.4, -0.2) is 29.6 Å². The summed E-state index contributed by atoms with van der Waals surface area (Å²) in [5.41, 5.74) is -1.12. The highest BCUT2D eigenvalue weighted by Crippen LogP contribution is 2.40. The lowest BCUT2D eigenvalue weighted by molar-refractivity contribution is -0.137. The lowest BCUT2D eigenvalue weighted by Gasteiger charge is -2.15. The average Bonchev–Trinajstić information content (AvgIpc) is 3.40. The zero-order valence-electron chi connectivity index (χ0n) is 18.5. The third-order valence-corrected chi connectivity index (χ3v) is 7.45. The van der Waals surface area contributed by atoms with Gasteiger partial charge in [-0.15, -0.1) is 11.3 Å². The van der Waals surface area contributed by atoms with Crippen molar-refractivity contribution in [2.75, 3.05) is 6.26 Å². The van der Waals surface area contributed by atoms with Crippen LogP contribution in [0, 0.1) is 0 Å². The molecular formula is C24H21F3N2O3S2. The fourth-order valence-corrected chi connectivity index (χ4v) is 5.12. The summed E-state index contributed by atoms with van der Waals surface area (Å²) in [6.45, 7) is 3.02. The standard InChI is InChI=1S/C24H21F3N2O3S2/c1-23(2,30)22-14-19(29(28-22)18-10-5-4-9-17(18)24(25,26)27)21-12-11-20(33-21)15-7-6-8-16(13-15)34(3,31)32/h4-14,30H,1-3H3. The molecule has 5 nitrogen and oxygen atoms in total. The van der Waals surface area contributed by atoms with Crippen molar-refractivity contribution in [2.24, 2.45) is 0 Å². The number of hydrogen-bond donors (Lipinski definition) is 1. The fraction of sp³-hybridized carbons (Fsp3) is 0.208. The largest absolute Gasteiger partial charge is 0.418 e. The summed E-state index contributed by atoms with van der Waals surface area (Å²) in [5, 5.41) is 14.8. The number of para-hydroxylation sites is 1. The van der Waals surface area contributed by atoms with Crippen molar-refractivity contribution in [3.05, 3.63) is 78.0 Å². The van der Waals surface area contributed by atoms with Crippen LogP contribution in [0.5, 0.6) is 0 Å². The van der Waals surface area contributed by atoms with Gasteiger partial charge in [0.15, 0.2) is 9.84 Å². The van der Waals surface area contributed by atoms with Gasteiger partial charge in [-0.2, -0.15) is 18.3 Å². The molecule has 2 aromatic heterocycles. The first-order valence-electron chi connectivity index (χ1n) is 10.2. The summed E-state index contributed by atoms with van der Waals surface area (Å²) >= 11 is 1.29. The molecule has 2 heterocycles. The number of rotatable bonds is 5. The Labute approximate surface area is 199 Å². The third-order valence-electron chi connectivity index (χ3n) is 5.18. The van der Waals surface area contributed by atoms with E-state index >= 15 is 0 Å². The van der Waals surface area contributed by atoms with E-state index in [9.17, 15) is 26.7 Å². The first-order chi connectivity index (χ1) is 15.7. The number of alkyl halides is 3. The van der Waals surface area contributed by atoms with E-state index in [1.54, 1.807) is 36.4 Å². The topological polar surface area (TPSA) is 72.2 Å². The zero-order valence-corrected chi connectivity index (χ0v) is 20.1. The van der Waals surface area contributed by atoms with Gasteiger partial charge in [0.2, 0.25) is 0 Å². The molecule has 0 saturated carbocycles. The Morgan fingerprint density at radius 2 is 1.62 bits per heavy atom. The summed E-state index contributed by atoms with van der Waals surface area (Å²) in [7, 11) is -3.40. The Kier molecular flexibility index (Phi) is 5.95. The molecule has 0 fully saturated rings. The maximum absolute atomic E-state index is 13.7. The molecule has 0 atom stereocenters. The van der Waals surface area contributed by atoms with Gasteiger partial charge in [0.1, 0.15) is 5.60 Å². The zero-order chi connectivity index (χ0) is 24.9. The van der Waals surface area contributed by atoms with E-state index < -0.39 is 27.2 Å². The molecule has 4 rings (SSSR count). The molecule has 1 N–H and O–H groups in total. The molecule has 10 heteroatoms. The molecule has 0 aliphatic carbocycles. The summed E-state index contributed by atoms with van der Waals surface area (Å²) in [6.07, 6.45) is -3.47. The quantitative estimate of drug-likeness (QED) is 0.365. The fourth-order valence-electron chi connectivity index (χ4n) is 3.45. The van der Waals surface area contributed by atoms with Crippen molar-refractivity contribution in [3.63, 3.8) is 0 Å². The normalized spacial score (nSPS) is 12.8.